The molecule has 0 radical (unpaired) electrons. The molecule has 0 fully saturated rings. The second-order valence-corrected chi connectivity index (χ2v) is 5.77. The van der Waals surface area contributed by atoms with Crippen LogP contribution >= 0.6 is 0 Å². The molecule has 3 N–H and O–H groups in total. The van der Waals surface area contributed by atoms with Crippen LogP contribution in [0.25, 0.3) is 0 Å². The largest absolute Gasteiger partial charge is 0.478 e. The van der Waals surface area contributed by atoms with Crippen LogP contribution in [0.5, 0.6) is 0 Å². The van der Waals surface area contributed by atoms with Crippen LogP contribution in [0.3, 0.4) is 0 Å². The van der Waals surface area contributed by atoms with Crippen LogP contribution < -0.4 is 5.32 Å². The molecule has 0 aliphatic heterocycles. The van der Waals surface area contributed by atoms with E-state index in [-0.39, 0.29) is 16.8 Å². The van der Waals surface area contributed by atoms with Crippen molar-refractivity contribution in [3.8, 4) is 0 Å². The number of carbonyl (C=O) groups is 3. The molecule has 2 rings (SSSR count). The molecule has 6 heteroatoms. The van der Waals surface area contributed by atoms with Gasteiger partial charge < -0.3 is 15.5 Å². The van der Waals surface area contributed by atoms with Gasteiger partial charge in [0.25, 0.3) is 0 Å². The highest BCUT2D eigenvalue weighted by Crippen LogP contribution is 2.33. The number of amides is 1. The molecule has 6 nitrogen and oxygen atoms in total. The molecule has 23 heavy (non-hydrogen) atoms. The molecule has 1 aliphatic rings. The van der Waals surface area contributed by atoms with Gasteiger partial charge in [0, 0.05) is 0 Å². The molecular formula is C17H17NO5. The quantitative estimate of drug-likeness (QED) is 0.775. The summed E-state index contributed by atoms with van der Waals surface area (Å²) in [5.74, 6) is -2.83. The van der Waals surface area contributed by atoms with E-state index in [2.05, 4.69) is 5.32 Å². The molecule has 0 spiro atoms. The zero-order valence-corrected chi connectivity index (χ0v) is 12.8. The molecule has 1 aliphatic carbocycles. The maximum Gasteiger partial charge on any atom is 0.337 e. The number of carbonyl (C=O) groups excluding carboxylic acids is 1. The second kappa shape index (κ2) is 6.08. The number of hydrogen-bond donors (Lipinski definition) is 3. The number of anilines is 1. The smallest absolute Gasteiger partial charge is 0.337 e. The molecule has 1 aromatic rings. The van der Waals surface area contributed by atoms with Crippen LogP contribution in [0.15, 0.2) is 42.0 Å². The first-order chi connectivity index (χ1) is 10.7. The standard InChI is InChI=1S/C17H17NO5/c1-17(2,11-5-3-4-6-11)16(23)18-13-9-10(14(19)20)7-8-12(13)15(21)22/h3-5,7-9H,6H2,1-2H3,(H,18,23)(H,19,20)(H,21,22). The summed E-state index contributed by atoms with van der Waals surface area (Å²) in [6.45, 7) is 3.48. The zero-order valence-electron chi connectivity index (χ0n) is 12.8. The lowest BCUT2D eigenvalue weighted by molar-refractivity contribution is -0.122. The van der Waals surface area contributed by atoms with Crippen molar-refractivity contribution in [2.24, 2.45) is 5.41 Å². The Balaban J connectivity index is 2.34. The van der Waals surface area contributed by atoms with Crippen molar-refractivity contribution >= 4 is 23.5 Å². The van der Waals surface area contributed by atoms with E-state index in [1.54, 1.807) is 13.8 Å². The van der Waals surface area contributed by atoms with E-state index in [0.717, 1.165) is 11.6 Å². The lowest BCUT2D eigenvalue weighted by Gasteiger charge is -2.25. The fourth-order valence-corrected chi connectivity index (χ4v) is 2.30. The summed E-state index contributed by atoms with van der Waals surface area (Å²) in [4.78, 5) is 34.9. The van der Waals surface area contributed by atoms with Gasteiger partial charge in [0.05, 0.1) is 22.2 Å². The van der Waals surface area contributed by atoms with Gasteiger partial charge in [-0.1, -0.05) is 23.8 Å². The summed E-state index contributed by atoms with van der Waals surface area (Å²) >= 11 is 0. The van der Waals surface area contributed by atoms with E-state index >= 15 is 0 Å². The van der Waals surface area contributed by atoms with Crippen molar-refractivity contribution in [2.75, 3.05) is 5.32 Å². The number of carboxylic acid groups (broad SMARTS) is 2. The molecule has 0 aromatic heterocycles. The minimum atomic E-state index is -1.24. The van der Waals surface area contributed by atoms with E-state index in [0.29, 0.717) is 6.42 Å². The van der Waals surface area contributed by atoms with Gasteiger partial charge in [0.15, 0.2) is 0 Å². The average molecular weight is 315 g/mol. The summed E-state index contributed by atoms with van der Waals surface area (Å²) in [5.41, 5.74) is -0.204. The van der Waals surface area contributed by atoms with E-state index < -0.39 is 23.3 Å². The van der Waals surface area contributed by atoms with Gasteiger partial charge in [-0.05, 0) is 38.5 Å². The Hall–Kier alpha value is -2.89. The van der Waals surface area contributed by atoms with Crippen LogP contribution in [-0.2, 0) is 4.79 Å². The Morgan fingerprint density at radius 2 is 1.83 bits per heavy atom. The minimum absolute atomic E-state index is 0.0259. The maximum absolute atomic E-state index is 12.6. The highest BCUT2D eigenvalue weighted by Gasteiger charge is 2.32. The first-order valence-corrected chi connectivity index (χ1v) is 7.01. The number of aromatic carboxylic acids is 2. The number of carboxylic acids is 2. The highest BCUT2D eigenvalue weighted by atomic mass is 16.4. The van der Waals surface area contributed by atoms with E-state index in [9.17, 15) is 19.5 Å². The van der Waals surface area contributed by atoms with Crippen molar-refractivity contribution in [2.45, 2.75) is 20.3 Å². The fraction of sp³-hybridized carbons (Fsp3) is 0.235. The third-order valence-corrected chi connectivity index (χ3v) is 3.89. The topological polar surface area (TPSA) is 104 Å². The summed E-state index contributed by atoms with van der Waals surface area (Å²) in [6, 6.07) is 3.52. The Bertz CT molecular complexity index is 743. The van der Waals surface area contributed by atoms with Gasteiger partial charge in [-0.15, -0.1) is 0 Å². The molecule has 0 saturated carbocycles. The van der Waals surface area contributed by atoms with Crippen LogP contribution in [-0.4, -0.2) is 28.1 Å². The van der Waals surface area contributed by atoms with Crippen LogP contribution in [0.1, 0.15) is 41.0 Å². The molecule has 120 valence electrons. The summed E-state index contributed by atoms with van der Waals surface area (Å²) in [7, 11) is 0. The summed E-state index contributed by atoms with van der Waals surface area (Å²) in [6.07, 6.45) is 6.29. The van der Waals surface area contributed by atoms with Crippen molar-refractivity contribution in [3.05, 3.63) is 53.1 Å². The third kappa shape index (κ3) is 3.31. The number of allylic oxidation sites excluding steroid dienone is 3. The van der Waals surface area contributed by atoms with Crippen LogP contribution in [0, 0.1) is 5.41 Å². The summed E-state index contributed by atoms with van der Waals surface area (Å²) < 4.78 is 0. The van der Waals surface area contributed by atoms with Crippen molar-refractivity contribution in [3.63, 3.8) is 0 Å². The monoisotopic (exact) mass is 315 g/mol. The molecule has 0 atom stereocenters. The van der Waals surface area contributed by atoms with Gasteiger partial charge in [-0.3, -0.25) is 4.79 Å². The van der Waals surface area contributed by atoms with E-state index in [1.165, 1.54) is 12.1 Å². The third-order valence-electron chi connectivity index (χ3n) is 3.89. The first kappa shape index (κ1) is 16.5. The normalized spacial score (nSPS) is 13.6. The maximum atomic E-state index is 12.6. The van der Waals surface area contributed by atoms with Crippen molar-refractivity contribution in [1.82, 2.24) is 0 Å². The Kier molecular flexibility index (Phi) is 4.36. The Morgan fingerprint density at radius 1 is 1.13 bits per heavy atom. The minimum Gasteiger partial charge on any atom is -0.478 e. The van der Waals surface area contributed by atoms with E-state index in [1.807, 2.05) is 18.2 Å². The number of nitrogens with one attached hydrogen (secondary N) is 1. The molecule has 1 aromatic carbocycles. The van der Waals surface area contributed by atoms with Crippen molar-refractivity contribution < 1.29 is 24.6 Å². The second-order valence-electron chi connectivity index (χ2n) is 5.77. The molecule has 0 saturated heterocycles. The first-order valence-electron chi connectivity index (χ1n) is 7.01. The SMILES string of the molecule is CC(C)(C(=O)Nc1cc(C(=O)O)ccc1C(=O)O)C1=CC=CC1. The van der Waals surface area contributed by atoms with Gasteiger partial charge in [-0.25, -0.2) is 9.59 Å². The molecule has 0 heterocycles. The number of hydrogen-bond acceptors (Lipinski definition) is 3. The predicted molar refractivity (Wildman–Crippen MR) is 84.6 cm³/mol. The zero-order chi connectivity index (χ0) is 17.2. The van der Waals surface area contributed by atoms with Crippen molar-refractivity contribution in [1.29, 1.82) is 0 Å². The van der Waals surface area contributed by atoms with Gasteiger partial charge in [0.1, 0.15) is 0 Å². The number of rotatable bonds is 5. The predicted octanol–water partition coefficient (Wildman–Crippen LogP) is 2.93. The number of benzene rings is 1. The Morgan fingerprint density at radius 3 is 2.35 bits per heavy atom. The molecular weight excluding hydrogens is 298 g/mol. The van der Waals surface area contributed by atoms with Gasteiger partial charge in [0.2, 0.25) is 5.91 Å². The Labute approximate surface area is 133 Å². The molecule has 1 amide bonds. The average Bonchev–Trinajstić information content (AvgIpc) is 3.01. The lowest BCUT2D eigenvalue weighted by Crippen LogP contribution is -2.32. The summed E-state index contributed by atoms with van der Waals surface area (Å²) in [5, 5.41) is 20.8. The van der Waals surface area contributed by atoms with Crippen LogP contribution in [0.4, 0.5) is 5.69 Å². The highest BCUT2D eigenvalue weighted by molar-refractivity contribution is 6.04. The molecule has 0 bridgehead atoms. The van der Waals surface area contributed by atoms with E-state index in [4.69, 9.17) is 5.11 Å². The lowest BCUT2D eigenvalue weighted by atomic mass is 9.82. The van der Waals surface area contributed by atoms with Crippen LogP contribution in [0.2, 0.25) is 0 Å². The molecule has 0 unspecified atom stereocenters. The van der Waals surface area contributed by atoms with Gasteiger partial charge in [-0.2, -0.15) is 0 Å². The van der Waals surface area contributed by atoms with Gasteiger partial charge >= 0.3 is 11.9 Å². The fourth-order valence-electron chi connectivity index (χ4n) is 2.30.